The number of ether oxygens (including phenoxy) is 2. The Morgan fingerprint density at radius 3 is 2.30 bits per heavy atom. The summed E-state index contributed by atoms with van der Waals surface area (Å²) < 4.78 is 10.2. The molecule has 1 aliphatic carbocycles. The number of fused-ring (bicyclic) bond motifs is 3. The second kappa shape index (κ2) is 9.92. The van der Waals surface area contributed by atoms with Gasteiger partial charge in [-0.05, 0) is 34.4 Å². The Labute approximate surface area is 192 Å². The summed E-state index contributed by atoms with van der Waals surface area (Å²) >= 11 is 0. The van der Waals surface area contributed by atoms with Gasteiger partial charge < -0.3 is 20.5 Å². The molecule has 0 aliphatic heterocycles. The Hall–Kier alpha value is -4.24. The summed E-state index contributed by atoms with van der Waals surface area (Å²) in [6.45, 7) is 0.600. The van der Waals surface area contributed by atoms with Gasteiger partial charge in [-0.25, -0.2) is 9.59 Å². The molecule has 1 aliphatic rings. The summed E-state index contributed by atoms with van der Waals surface area (Å²) in [4.78, 5) is 23.9. The van der Waals surface area contributed by atoms with E-state index in [0.717, 1.165) is 0 Å². The molecule has 0 atom stereocenters. The number of esters is 1. The van der Waals surface area contributed by atoms with Crippen LogP contribution in [0.5, 0.6) is 0 Å². The van der Waals surface area contributed by atoms with Crippen molar-refractivity contribution in [2.45, 2.75) is 12.3 Å². The fourth-order valence-electron chi connectivity index (χ4n) is 4.00. The number of methoxy groups -OCH3 is 1. The molecule has 0 saturated heterocycles. The molecule has 0 aromatic heterocycles. The zero-order chi connectivity index (χ0) is 23.2. The number of nitrogens with one attached hydrogen (secondary N) is 1. The number of hydrogen-bond acceptors (Lipinski definition) is 5. The van der Waals surface area contributed by atoms with Gasteiger partial charge in [0.2, 0.25) is 0 Å². The van der Waals surface area contributed by atoms with Gasteiger partial charge in [-0.15, -0.1) is 0 Å². The van der Waals surface area contributed by atoms with Crippen LogP contribution in [0.2, 0.25) is 0 Å². The molecule has 6 heteroatoms. The average Bonchev–Trinajstić information content (AvgIpc) is 3.16. The normalized spacial score (nSPS) is 11.5. The second-order valence-electron chi connectivity index (χ2n) is 7.56. The molecular weight excluding hydrogens is 416 g/mol. The Balaban J connectivity index is 1.30. The first-order chi connectivity index (χ1) is 16.1. The number of carbonyl (C=O) groups is 2. The van der Waals surface area contributed by atoms with Crippen molar-refractivity contribution in [3.05, 3.63) is 89.0 Å². The molecule has 0 saturated carbocycles. The Morgan fingerprint density at radius 2 is 1.64 bits per heavy atom. The number of nitrogen functional groups attached to an aromatic ring is 1. The van der Waals surface area contributed by atoms with Gasteiger partial charge in [0.15, 0.2) is 0 Å². The third-order valence-corrected chi connectivity index (χ3v) is 5.60. The Kier molecular flexibility index (Phi) is 6.61. The lowest BCUT2D eigenvalue weighted by Gasteiger charge is -2.14. The van der Waals surface area contributed by atoms with Crippen LogP contribution in [0.1, 0.15) is 39.4 Å². The van der Waals surface area contributed by atoms with Crippen LogP contribution in [0, 0.1) is 11.8 Å². The highest BCUT2D eigenvalue weighted by Gasteiger charge is 2.28. The third kappa shape index (κ3) is 4.68. The number of alkyl carbamates (subject to hydrolysis) is 1. The maximum atomic E-state index is 12.2. The van der Waals surface area contributed by atoms with E-state index in [2.05, 4.69) is 41.4 Å². The minimum absolute atomic E-state index is 0.0213. The molecule has 33 heavy (non-hydrogen) atoms. The van der Waals surface area contributed by atoms with Crippen LogP contribution >= 0.6 is 0 Å². The topological polar surface area (TPSA) is 90.6 Å². The van der Waals surface area contributed by atoms with Crippen molar-refractivity contribution < 1.29 is 19.1 Å². The average molecular weight is 440 g/mol. The van der Waals surface area contributed by atoms with E-state index in [4.69, 9.17) is 15.2 Å². The maximum Gasteiger partial charge on any atom is 0.407 e. The molecule has 3 aromatic carbocycles. The first-order valence-electron chi connectivity index (χ1n) is 10.6. The first-order valence-corrected chi connectivity index (χ1v) is 10.6. The van der Waals surface area contributed by atoms with Crippen molar-refractivity contribution in [1.82, 2.24) is 5.32 Å². The van der Waals surface area contributed by atoms with Crippen molar-refractivity contribution in [2.75, 3.05) is 26.0 Å². The number of anilines is 1. The standard InChI is InChI=1S/C27H24N2O4/c1-32-26(30)23-15-8-10-18(25(23)28)9-6-7-16-29-27(31)33-17-24-21-13-4-2-11-19(21)20-12-3-5-14-22(20)24/h2-5,8,10-15,24H,7,16-17,28H2,1H3,(H,29,31). The van der Waals surface area contributed by atoms with Gasteiger partial charge in [0.05, 0.1) is 18.4 Å². The van der Waals surface area contributed by atoms with Crippen LogP contribution in [0.4, 0.5) is 10.5 Å². The van der Waals surface area contributed by atoms with Gasteiger partial charge in [0.1, 0.15) is 6.61 Å². The van der Waals surface area contributed by atoms with Crippen LogP contribution in [-0.2, 0) is 9.47 Å². The number of rotatable bonds is 5. The lowest BCUT2D eigenvalue weighted by Crippen LogP contribution is -2.26. The van der Waals surface area contributed by atoms with E-state index in [1.54, 1.807) is 18.2 Å². The van der Waals surface area contributed by atoms with E-state index < -0.39 is 12.1 Å². The molecule has 0 fully saturated rings. The number of hydrogen-bond donors (Lipinski definition) is 2. The summed E-state index contributed by atoms with van der Waals surface area (Å²) in [5, 5.41) is 2.73. The molecule has 3 N–H and O–H groups in total. The van der Waals surface area contributed by atoms with Crippen LogP contribution in [0.25, 0.3) is 11.1 Å². The van der Waals surface area contributed by atoms with Gasteiger partial charge >= 0.3 is 12.1 Å². The molecule has 0 heterocycles. The Morgan fingerprint density at radius 1 is 0.970 bits per heavy atom. The summed E-state index contributed by atoms with van der Waals surface area (Å²) in [6.07, 6.45) is -0.0719. The molecule has 3 aromatic rings. The lowest BCUT2D eigenvalue weighted by molar-refractivity contribution is 0.0602. The fraction of sp³-hybridized carbons (Fsp3) is 0.185. The third-order valence-electron chi connectivity index (χ3n) is 5.60. The lowest BCUT2D eigenvalue weighted by atomic mass is 9.98. The number of para-hydroxylation sites is 1. The zero-order valence-corrected chi connectivity index (χ0v) is 18.3. The summed E-state index contributed by atoms with van der Waals surface area (Å²) in [6, 6.07) is 21.4. The highest BCUT2D eigenvalue weighted by atomic mass is 16.5. The van der Waals surface area contributed by atoms with E-state index in [-0.39, 0.29) is 23.8 Å². The smallest absolute Gasteiger partial charge is 0.407 e. The van der Waals surface area contributed by atoms with E-state index in [1.807, 2.05) is 24.3 Å². The highest BCUT2D eigenvalue weighted by molar-refractivity contribution is 5.96. The number of carbonyl (C=O) groups excluding carboxylic acids is 2. The highest BCUT2D eigenvalue weighted by Crippen LogP contribution is 2.44. The maximum absolute atomic E-state index is 12.2. The van der Waals surface area contributed by atoms with Crippen molar-refractivity contribution in [3.8, 4) is 23.0 Å². The van der Waals surface area contributed by atoms with E-state index in [1.165, 1.54) is 29.4 Å². The predicted molar refractivity (Wildman–Crippen MR) is 127 cm³/mol. The zero-order valence-electron chi connectivity index (χ0n) is 18.3. The van der Waals surface area contributed by atoms with Gasteiger partial charge in [-0.1, -0.05) is 66.4 Å². The van der Waals surface area contributed by atoms with Gasteiger partial charge in [0, 0.05) is 24.4 Å². The van der Waals surface area contributed by atoms with E-state index in [0.29, 0.717) is 18.5 Å². The van der Waals surface area contributed by atoms with Crippen molar-refractivity contribution in [1.29, 1.82) is 0 Å². The molecule has 6 nitrogen and oxygen atoms in total. The second-order valence-corrected chi connectivity index (χ2v) is 7.56. The molecule has 0 radical (unpaired) electrons. The SMILES string of the molecule is COC(=O)c1cccc(C#CCCNC(=O)OCC2c3ccccc3-c3ccccc32)c1N. The summed E-state index contributed by atoms with van der Waals surface area (Å²) in [5.74, 6) is 5.40. The van der Waals surface area contributed by atoms with Gasteiger partial charge in [0.25, 0.3) is 0 Å². The minimum atomic E-state index is -0.506. The molecule has 0 spiro atoms. The van der Waals surface area contributed by atoms with Crippen molar-refractivity contribution in [3.63, 3.8) is 0 Å². The van der Waals surface area contributed by atoms with Crippen molar-refractivity contribution >= 4 is 17.7 Å². The number of nitrogens with two attached hydrogens (primary N) is 1. The van der Waals surface area contributed by atoms with E-state index in [9.17, 15) is 9.59 Å². The number of amides is 1. The first kappa shape index (κ1) is 22.0. The molecule has 0 bridgehead atoms. The minimum Gasteiger partial charge on any atom is -0.465 e. The monoisotopic (exact) mass is 440 g/mol. The van der Waals surface area contributed by atoms with Crippen LogP contribution in [0.3, 0.4) is 0 Å². The number of benzene rings is 3. The summed E-state index contributed by atoms with van der Waals surface area (Å²) in [5.41, 5.74) is 11.8. The quantitative estimate of drug-likeness (QED) is 0.267. The van der Waals surface area contributed by atoms with Crippen LogP contribution < -0.4 is 11.1 Å². The predicted octanol–water partition coefficient (Wildman–Crippen LogP) is 4.34. The molecule has 4 rings (SSSR count). The summed E-state index contributed by atoms with van der Waals surface area (Å²) in [7, 11) is 1.30. The molecule has 166 valence electrons. The largest absolute Gasteiger partial charge is 0.465 e. The van der Waals surface area contributed by atoms with Crippen LogP contribution in [-0.4, -0.2) is 32.3 Å². The Bertz CT molecular complexity index is 1210. The van der Waals surface area contributed by atoms with E-state index >= 15 is 0 Å². The van der Waals surface area contributed by atoms with Gasteiger partial charge in [-0.3, -0.25) is 0 Å². The molecule has 0 unspecified atom stereocenters. The fourth-order valence-corrected chi connectivity index (χ4v) is 4.00. The van der Waals surface area contributed by atoms with Gasteiger partial charge in [-0.2, -0.15) is 0 Å². The molecule has 1 amide bonds. The van der Waals surface area contributed by atoms with Crippen molar-refractivity contribution in [2.24, 2.45) is 0 Å². The van der Waals surface area contributed by atoms with Crippen LogP contribution in [0.15, 0.2) is 66.7 Å². The molecular formula is C27H24N2O4.